The van der Waals surface area contributed by atoms with Gasteiger partial charge in [0.2, 0.25) is 11.8 Å². The minimum Gasteiger partial charge on any atom is -0.104 e. The second-order valence-electron chi connectivity index (χ2n) is 2.53. The Morgan fingerprint density at radius 2 is 1.08 bits per heavy atom. The summed E-state index contributed by atoms with van der Waals surface area (Å²) < 4.78 is 4.72. The normalized spacial score (nSPS) is 11.2. The molecule has 2 nitrogen and oxygen atoms in total. The quantitative estimate of drug-likeness (QED) is 0.618. The lowest BCUT2D eigenvalue weighted by Crippen LogP contribution is -2.24. The Balaban J connectivity index is 4.12. The monoisotopic (exact) mass is 207 g/mol. The first-order valence-corrected chi connectivity index (χ1v) is 6.94. The summed E-state index contributed by atoms with van der Waals surface area (Å²) in [6.45, 7) is 12.5. The average Bonchev–Trinajstić information content (AvgIpc) is 2.09. The number of rotatable bonds is 6. The van der Waals surface area contributed by atoms with E-state index in [9.17, 15) is 0 Å². The van der Waals surface area contributed by atoms with Crippen molar-refractivity contribution in [2.75, 3.05) is 26.2 Å². The summed E-state index contributed by atoms with van der Waals surface area (Å²) >= 11 is 5.49. The molecular weight excluding hydrogens is 187 g/mol. The Morgan fingerprint density at radius 3 is 1.25 bits per heavy atom. The van der Waals surface area contributed by atoms with Gasteiger partial charge in [0.25, 0.3) is 0 Å². The lowest BCUT2D eigenvalue weighted by Gasteiger charge is -2.14. The van der Waals surface area contributed by atoms with Crippen LogP contribution in [0.4, 0.5) is 0 Å². The highest BCUT2D eigenvalue weighted by Crippen LogP contribution is 2.30. The van der Waals surface area contributed by atoms with Crippen LogP contribution in [0.1, 0.15) is 27.7 Å². The van der Waals surface area contributed by atoms with Gasteiger partial charge in [-0.25, -0.2) is 0 Å². The predicted molar refractivity (Wildman–Crippen MR) is 60.1 cm³/mol. The third kappa shape index (κ3) is 3.44. The molecule has 0 amide bonds. The number of nitrogens with zero attached hydrogens (tertiary/aromatic N) is 2. The van der Waals surface area contributed by atoms with Crippen LogP contribution in [-0.2, 0) is 11.8 Å². The van der Waals surface area contributed by atoms with Gasteiger partial charge in [-0.3, -0.25) is 0 Å². The van der Waals surface area contributed by atoms with E-state index in [1.807, 2.05) is 0 Å². The third-order valence-corrected chi connectivity index (χ3v) is 5.43. The minimum absolute atomic E-state index is 0.458. The van der Waals surface area contributed by atoms with E-state index in [4.69, 9.17) is 11.8 Å². The molecule has 0 radical (unpaired) electrons. The van der Waals surface area contributed by atoms with E-state index in [-0.39, 0.29) is 0 Å². The van der Waals surface area contributed by atoms with Crippen molar-refractivity contribution in [3.8, 4) is 0 Å². The second-order valence-corrected chi connectivity index (χ2v) is 5.15. The van der Waals surface area contributed by atoms with Crippen molar-refractivity contribution >= 4 is 18.8 Å². The maximum atomic E-state index is 5.49. The molecule has 0 bridgehead atoms. The first-order chi connectivity index (χ1) is 5.71. The Kier molecular flexibility index (Phi) is 7.16. The summed E-state index contributed by atoms with van der Waals surface area (Å²) in [5, 5.41) is 0. The summed E-state index contributed by atoms with van der Waals surface area (Å²) in [6, 6.07) is 0. The molecule has 0 spiro atoms. The fraction of sp³-hybridized carbons (Fsp3) is 1.00. The first kappa shape index (κ1) is 12.4. The van der Waals surface area contributed by atoms with Gasteiger partial charge < -0.3 is 0 Å². The summed E-state index contributed by atoms with van der Waals surface area (Å²) in [4.78, 5) is 0. The van der Waals surface area contributed by atoms with Crippen molar-refractivity contribution in [1.29, 1.82) is 0 Å². The first-order valence-electron chi connectivity index (χ1n) is 4.68. The van der Waals surface area contributed by atoms with Gasteiger partial charge in [0.05, 0.1) is 0 Å². The molecule has 0 aromatic carbocycles. The van der Waals surface area contributed by atoms with Crippen LogP contribution < -0.4 is 0 Å². The zero-order valence-electron chi connectivity index (χ0n) is 8.58. The van der Waals surface area contributed by atoms with Crippen molar-refractivity contribution in [1.82, 2.24) is 9.34 Å². The van der Waals surface area contributed by atoms with Crippen LogP contribution in [-0.4, -0.2) is 35.5 Å². The predicted octanol–water partition coefficient (Wildman–Crippen LogP) is 2.44. The van der Waals surface area contributed by atoms with Crippen molar-refractivity contribution in [2.24, 2.45) is 0 Å². The second kappa shape index (κ2) is 6.90. The fourth-order valence-corrected chi connectivity index (χ4v) is 3.82. The zero-order chi connectivity index (χ0) is 9.56. The Hall–Kier alpha value is 0.440. The lowest BCUT2D eigenvalue weighted by atomic mass is 10.7. The molecule has 0 fully saturated rings. The molecule has 4 heteroatoms. The molecule has 0 unspecified atom stereocenters. The highest BCUT2D eigenvalue weighted by molar-refractivity contribution is 8.02. The van der Waals surface area contributed by atoms with Gasteiger partial charge in [0.1, 0.15) is 0 Å². The van der Waals surface area contributed by atoms with Crippen molar-refractivity contribution < 1.29 is 0 Å². The number of hydrogen-bond acceptors (Lipinski definition) is 1. The summed E-state index contributed by atoms with van der Waals surface area (Å²) in [6.07, 6.45) is 0. The maximum Gasteiger partial charge on any atom is 0.366 e. The van der Waals surface area contributed by atoms with Crippen molar-refractivity contribution in [3.05, 3.63) is 0 Å². The molecule has 0 aromatic heterocycles. The third-order valence-electron chi connectivity index (χ3n) is 1.94. The maximum absolute atomic E-state index is 5.49. The van der Waals surface area contributed by atoms with Crippen LogP contribution in [0.3, 0.4) is 0 Å². The van der Waals surface area contributed by atoms with Crippen molar-refractivity contribution in [3.63, 3.8) is 0 Å². The lowest BCUT2D eigenvalue weighted by molar-refractivity contribution is 0.437. The molecule has 0 aromatic rings. The molecule has 0 saturated carbocycles. The van der Waals surface area contributed by atoms with Crippen LogP contribution in [0.25, 0.3) is 0 Å². The summed E-state index contributed by atoms with van der Waals surface area (Å²) in [7, 11) is 0. The van der Waals surface area contributed by atoms with E-state index in [1.54, 1.807) is 0 Å². The van der Waals surface area contributed by atoms with Gasteiger partial charge in [0, 0.05) is 26.2 Å². The highest BCUT2D eigenvalue weighted by Gasteiger charge is 2.25. The van der Waals surface area contributed by atoms with E-state index in [0.717, 1.165) is 26.2 Å². The topological polar surface area (TPSA) is 6.48 Å². The van der Waals surface area contributed by atoms with Crippen molar-refractivity contribution in [2.45, 2.75) is 27.7 Å². The molecule has 12 heavy (non-hydrogen) atoms. The molecule has 0 aliphatic heterocycles. The molecular formula is C8H20N2PS+. The molecule has 0 aliphatic rings. The van der Waals surface area contributed by atoms with Gasteiger partial charge in [-0.2, -0.15) is 0 Å². The fourth-order valence-electron chi connectivity index (χ4n) is 1.11. The molecule has 0 atom stereocenters. The smallest absolute Gasteiger partial charge is 0.104 e. The van der Waals surface area contributed by atoms with E-state index in [1.165, 1.54) is 0 Å². The Bertz CT molecular complexity index is 119. The van der Waals surface area contributed by atoms with Crippen LogP contribution >= 0.6 is 7.00 Å². The van der Waals surface area contributed by atoms with Gasteiger partial charge in [-0.15, -0.1) is 9.34 Å². The standard InChI is InChI=1S/C8H20N2PS/c1-5-9(6-2)11(12)10(7-3)8-4/h5-8H2,1-4H3/q+1. The van der Waals surface area contributed by atoms with Gasteiger partial charge in [0.15, 0.2) is 0 Å². The van der Waals surface area contributed by atoms with Crippen LogP contribution in [0.2, 0.25) is 0 Å². The SMILES string of the molecule is CCN(CC)[P+](=S)N(CC)CC. The van der Waals surface area contributed by atoms with Gasteiger partial charge in [-0.1, -0.05) is 0 Å². The molecule has 0 saturated heterocycles. The molecule has 0 aliphatic carbocycles. The van der Waals surface area contributed by atoms with E-state index >= 15 is 0 Å². The van der Waals surface area contributed by atoms with Gasteiger partial charge in [-0.05, 0) is 27.7 Å². The molecule has 0 heterocycles. The number of hydrogen-bond donors (Lipinski definition) is 0. The highest BCUT2D eigenvalue weighted by atomic mass is 32.4. The summed E-state index contributed by atoms with van der Waals surface area (Å²) in [5.41, 5.74) is 0. The van der Waals surface area contributed by atoms with E-state index < -0.39 is 7.00 Å². The Labute approximate surface area is 82.5 Å². The largest absolute Gasteiger partial charge is 0.366 e. The van der Waals surface area contributed by atoms with E-state index in [0.29, 0.717) is 0 Å². The molecule has 0 N–H and O–H groups in total. The van der Waals surface area contributed by atoms with Crippen LogP contribution in [0.15, 0.2) is 0 Å². The van der Waals surface area contributed by atoms with Crippen LogP contribution in [0, 0.1) is 0 Å². The Morgan fingerprint density at radius 1 is 0.833 bits per heavy atom. The average molecular weight is 207 g/mol. The van der Waals surface area contributed by atoms with Crippen LogP contribution in [0.5, 0.6) is 0 Å². The molecule has 72 valence electrons. The van der Waals surface area contributed by atoms with Gasteiger partial charge >= 0.3 is 7.00 Å². The summed E-state index contributed by atoms with van der Waals surface area (Å²) in [5.74, 6) is 0. The molecule has 0 rings (SSSR count). The van der Waals surface area contributed by atoms with E-state index in [2.05, 4.69) is 37.0 Å². The zero-order valence-corrected chi connectivity index (χ0v) is 10.3. The minimum atomic E-state index is -0.458.